The van der Waals surface area contributed by atoms with Crippen LogP contribution in [0.4, 0.5) is 61.5 Å². The summed E-state index contributed by atoms with van der Waals surface area (Å²) in [5, 5.41) is 0. The van der Waals surface area contributed by atoms with Gasteiger partial charge in [0.15, 0.2) is 5.60 Å². The lowest BCUT2D eigenvalue weighted by Crippen LogP contribution is -2.81. The number of halogens is 14. The molecule has 2 saturated carbocycles. The molecule has 2 bridgehead atoms. The topological polar surface area (TPSA) is 26.3 Å². The molecule has 2 fully saturated rings. The summed E-state index contributed by atoms with van der Waals surface area (Å²) in [5.74, 6) is -31.5. The maximum Gasteiger partial charge on any atom is 0.422 e. The second-order valence-corrected chi connectivity index (χ2v) is 7.97. The number of rotatable bonds is 6. The van der Waals surface area contributed by atoms with Crippen LogP contribution in [0.15, 0.2) is 12.2 Å². The Kier molecular flexibility index (Phi) is 5.55. The van der Waals surface area contributed by atoms with Crippen molar-refractivity contribution in [1.82, 2.24) is 0 Å². The molecule has 33 heavy (non-hydrogen) atoms. The Morgan fingerprint density at radius 3 is 1.58 bits per heavy atom. The van der Waals surface area contributed by atoms with Crippen LogP contribution in [-0.2, 0) is 9.53 Å². The highest BCUT2D eigenvalue weighted by Gasteiger charge is 3.18. The van der Waals surface area contributed by atoms with Crippen LogP contribution in [0.1, 0.15) is 33.1 Å². The van der Waals surface area contributed by atoms with Gasteiger partial charge >= 0.3 is 41.5 Å². The maximum atomic E-state index is 15.8. The molecule has 192 valence electrons. The standard InChI is InChI=1S/C17H14F14O2/c1-4-5-6-9(3,33-8(32)7(2)10(18,19)20)11(21)12(22)15(26,27)13(23,14(11,24)25)17(30,31)16(12,28)29/h2,4-6H2,1,3H3. The van der Waals surface area contributed by atoms with E-state index in [-0.39, 0.29) is 13.3 Å². The molecule has 0 saturated heterocycles. The molecular formula is C17H14F14O2. The van der Waals surface area contributed by atoms with Gasteiger partial charge in [-0.1, -0.05) is 19.9 Å². The van der Waals surface area contributed by atoms with Crippen LogP contribution in [0.5, 0.6) is 0 Å². The first kappa shape index (κ1) is 27.5. The second-order valence-electron chi connectivity index (χ2n) is 7.97. The highest BCUT2D eigenvalue weighted by molar-refractivity contribution is 5.89. The first-order valence-electron chi connectivity index (χ1n) is 8.92. The number of alkyl halides is 14. The van der Waals surface area contributed by atoms with E-state index in [0.717, 1.165) is 6.92 Å². The van der Waals surface area contributed by atoms with Crippen LogP contribution in [0.3, 0.4) is 0 Å². The summed E-state index contributed by atoms with van der Waals surface area (Å²) in [5.41, 5.74) is -27.8. The number of hydrogen-bond acceptors (Lipinski definition) is 2. The van der Waals surface area contributed by atoms with Gasteiger partial charge in [-0.05, 0) is 19.8 Å². The first-order chi connectivity index (χ1) is 14.3. The molecule has 16 heteroatoms. The number of ether oxygens (including phenoxy) is 1. The zero-order valence-electron chi connectivity index (χ0n) is 16.4. The Balaban J connectivity index is 2.89. The minimum atomic E-state index is -7.19. The predicted octanol–water partition coefficient (Wildman–Crippen LogP) is 6.29. The summed E-state index contributed by atoms with van der Waals surface area (Å²) in [4.78, 5) is 11.7. The third-order valence-electron chi connectivity index (χ3n) is 6.11. The molecule has 4 atom stereocenters. The number of carbonyl (C=O) groups is 1. The van der Waals surface area contributed by atoms with Crippen molar-refractivity contribution in [2.75, 3.05) is 0 Å². The molecule has 0 radical (unpaired) electrons. The summed E-state index contributed by atoms with van der Waals surface area (Å²) >= 11 is 0. The average Bonchev–Trinajstić information content (AvgIpc) is 2.78. The fourth-order valence-corrected chi connectivity index (χ4v) is 4.23. The van der Waals surface area contributed by atoms with Crippen LogP contribution in [-0.4, -0.2) is 58.4 Å². The van der Waals surface area contributed by atoms with Crippen LogP contribution >= 0.6 is 0 Å². The largest absolute Gasteiger partial charge is 0.452 e. The SMILES string of the molecule is C=C(C(=O)OC(C)(CCCC)C1(F)C(F)(F)C2(F)C(F)(F)C(F)(F)C1(F)C2(F)F)C(F)(F)F. The number of hydrogen-bond donors (Lipinski definition) is 0. The monoisotopic (exact) mass is 516 g/mol. The first-order valence-corrected chi connectivity index (χ1v) is 8.92. The van der Waals surface area contributed by atoms with E-state index in [9.17, 15) is 57.5 Å². The van der Waals surface area contributed by atoms with Crippen molar-refractivity contribution in [3.8, 4) is 0 Å². The van der Waals surface area contributed by atoms with Gasteiger partial charge in [-0.2, -0.15) is 48.3 Å². The second kappa shape index (κ2) is 6.67. The third-order valence-corrected chi connectivity index (χ3v) is 6.11. The van der Waals surface area contributed by atoms with Gasteiger partial charge in [0.2, 0.25) is 0 Å². The maximum absolute atomic E-state index is 15.8. The molecule has 2 nitrogen and oxygen atoms in total. The van der Waals surface area contributed by atoms with E-state index in [4.69, 9.17) is 0 Å². The van der Waals surface area contributed by atoms with Gasteiger partial charge in [0, 0.05) is 0 Å². The Morgan fingerprint density at radius 1 is 0.788 bits per heavy atom. The van der Waals surface area contributed by atoms with Crippen LogP contribution in [0.2, 0.25) is 0 Å². The zero-order valence-corrected chi connectivity index (χ0v) is 16.4. The molecule has 0 aromatic rings. The average molecular weight is 516 g/mol. The van der Waals surface area contributed by atoms with Gasteiger partial charge in [-0.15, -0.1) is 0 Å². The molecular weight excluding hydrogens is 502 g/mol. The lowest BCUT2D eigenvalue weighted by atomic mass is 9.65. The van der Waals surface area contributed by atoms with Gasteiger partial charge in [-0.25, -0.2) is 18.0 Å². The molecule has 0 spiro atoms. The fraction of sp³-hybridized carbons (Fsp3) is 0.824. The molecule has 0 amide bonds. The van der Waals surface area contributed by atoms with Crippen LogP contribution in [0, 0.1) is 0 Å². The van der Waals surface area contributed by atoms with Crippen molar-refractivity contribution in [2.24, 2.45) is 0 Å². The van der Waals surface area contributed by atoms with Crippen LogP contribution < -0.4 is 0 Å². The van der Waals surface area contributed by atoms with E-state index in [1.807, 2.05) is 0 Å². The van der Waals surface area contributed by atoms with Gasteiger partial charge in [-0.3, -0.25) is 0 Å². The van der Waals surface area contributed by atoms with Gasteiger partial charge in [0.25, 0.3) is 11.3 Å². The third kappa shape index (κ3) is 2.45. The molecule has 2 rings (SSSR count). The normalized spacial score (nSPS) is 37.5. The molecule has 2 aliphatic carbocycles. The van der Waals surface area contributed by atoms with Gasteiger partial charge in [0.1, 0.15) is 5.57 Å². The summed E-state index contributed by atoms with van der Waals surface area (Å²) < 4.78 is 202. The van der Waals surface area contributed by atoms with E-state index < -0.39 is 76.9 Å². The van der Waals surface area contributed by atoms with Crippen molar-refractivity contribution in [3.63, 3.8) is 0 Å². The van der Waals surface area contributed by atoms with Crippen molar-refractivity contribution < 1.29 is 71.0 Å². The number of esters is 1. The number of unbranched alkanes of at least 4 members (excludes halogenated alkanes) is 1. The lowest BCUT2D eigenvalue weighted by Gasteiger charge is -2.52. The molecule has 0 heterocycles. The van der Waals surface area contributed by atoms with E-state index in [0.29, 0.717) is 0 Å². The van der Waals surface area contributed by atoms with Crippen molar-refractivity contribution in [3.05, 3.63) is 12.2 Å². The quantitative estimate of drug-likeness (QED) is 0.236. The highest BCUT2D eigenvalue weighted by Crippen LogP contribution is 2.84. The molecule has 0 aliphatic heterocycles. The summed E-state index contributed by atoms with van der Waals surface area (Å²) in [6, 6.07) is 0. The molecule has 2 aliphatic rings. The Labute approximate surface area is 175 Å². The van der Waals surface area contributed by atoms with Gasteiger partial charge in [0.05, 0.1) is 0 Å². The minimum Gasteiger partial charge on any atom is -0.452 e. The van der Waals surface area contributed by atoms with Crippen molar-refractivity contribution in [2.45, 2.75) is 85.6 Å². The predicted molar refractivity (Wildman–Crippen MR) is 80.5 cm³/mol. The lowest BCUT2D eigenvalue weighted by molar-refractivity contribution is -0.398. The Bertz CT molecular complexity index is 866. The summed E-state index contributed by atoms with van der Waals surface area (Å²) in [7, 11) is 0. The van der Waals surface area contributed by atoms with E-state index in [2.05, 4.69) is 11.3 Å². The molecule has 0 aromatic heterocycles. The molecule has 0 N–H and O–H groups in total. The van der Waals surface area contributed by atoms with E-state index in [1.54, 1.807) is 0 Å². The van der Waals surface area contributed by atoms with Gasteiger partial charge < -0.3 is 4.74 Å². The van der Waals surface area contributed by atoms with Crippen molar-refractivity contribution in [1.29, 1.82) is 0 Å². The number of fused-ring (bicyclic) bond motifs is 2. The Morgan fingerprint density at radius 2 is 1.21 bits per heavy atom. The Hall–Kier alpha value is -1.77. The molecule has 0 aromatic carbocycles. The summed E-state index contributed by atoms with van der Waals surface area (Å²) in [6.07, 6.45) is -8.46. The highest BCUT2D eigenvalue weighted by atomic mass is 19.4. The van der Waals surface area contributed by atoms with Crippen molar-refractivity contribution >= 4 is 5.97 Å². The smallest absolute Gasteiger partial charge is 0.422 e. The zero-order chi connectivity index (χ0) is 26.5. The van der Waals surface area contributed by atoms with Crippen LogP contribution in [0.25, 0.3) is 0 Å². The fourth-order valence-electron chi connectivity index (χ4n) is 4.23. The van der Waals surface area contributed by atoms with E-state index in [1.165, 1.54) is 0 Å². The number of carbonyl (C=O) groups excluding carboxylic acids is 1. The minimum absolute atomic E-state index is 0.294. The molecule has 4 unspecified atom stereocenters. The van der Waals surface area contributed by atoms with E-state index >= 15 is 8.78 Å². The summed E-state index contributed by atoms with van der Waals surface area (Å²) in [6.45, 7) is 3.00.